The highest BCUT2D eigenvalue weighted by atomic mass is 127. The average Bonchev–Trinajstić information content (AvgIpc) is 3.20. The molecule has 0 unspecified atom stereocenters. The van der Waals surface area contributed by atoms with Crippen LogP contribution in [0.5, 0.6) is 0 Å². The number of nitrogens with one attached hydrogen (secondary N) is 1. The summed E-state index contributed by atoms with van der Waals surface area (Å²) in [5, 5.41) is 0. The predicted molar refractivity (Wildman–Crippen MR) is 98.3 cm³/mol. The number of likely N-dealkylation sites (tertiary alicyclic amines) is 1. The molecule has 1 amide bonds. The average molecular weight is 417 g/mol. The maximum Gasteiger partial charge on any atom is 0.254 e. The third kappa shape index (κ3) is 2.73. The van der Waals surface area contributed by atoms with Crippen molar-refractivity contribution in [3.05, 3.63) is 63.5 Å². The van der Waals surface area contributed by atoms with E-state index < -0.39 is 0 Å². The van der Waals surface area contributed by atoms with Gasteiger partial charge in [-0.15, -0.1) is 0 Å². The largest absolute Gasteiger partial charge is 0.340 e. The van der Waals surface area contributed by atoms with Gasteiger partial charge >= 0.3 is 0 Å². The van der Waals surface area contributed by atoms with E-state index in [9.17, 15) is 4.79 Å². The summed E-state index contributed by atoms with van der Waals surface area (Å²) in [6.45, 7) is 0.784. The summed E-state index contributed by atoms with van der Waals surface area (Å²) in [6, 6.07) is 15.8. The fraction of sp³-hybridized carbons (Fsp3) is 0.222. The van der Waals surface area contributed by atoms with Crippen molar-refractivity contribution in [2.75, 3.05) is 6.54 Å². The summed E-state index contributed by atoms with van der Waals surface area (Å²) in [5.74, 6) is 0.981. The number of aromatic amines is 1. The molecular formula is C18H16IN3O. The summed E-state index contributed by atoms with van der Waals surface area (Å²) < 4.78 is 1.08. The Morgan fingerprint density at radius 3 is 2.91 bits per heavy atom. The monoisotopic (exact) mass is 417 g/mol. The zero-order chi connectivity index (χ0) is 15.8. The molecule has 1 atom stereocenters. The topological polar surface area (TPSA) is 49.0 Å². The van der Waals surface area contributed by atoms with Gasteiger partial charge in [-0.25, -0.2) is 4.98 Å². The van der Waals surface area contributed by atoms with E-state index in [1.807, 2.05) is 53.4 Å². The Balaban J connectivity index is 1.67. The Bertz CT molecular complexity index is 840. The van der Waals surface area contributed by atoms with E-state index in [0.717, 1.165) is 45.4 Å². The lowest BCUT2D eigenvalue weighted by Gasteiger charge is -2.23. The van der Waals surface area contributed by atoms with E-state index in [0.29, 0.717) is 0 Å². The van der Waals surface area contributed by atoms with Crippen molar-refractivity contribution in [2.45, 2.75) is 18.9 Å². The molecule has 116 valence electrons. The number of aromatic nitrogens is 2. The number of carbonyl (C=O) groups is 1. The van der Waals surface area contributed by atoms with Gasteiger partial charge in [-0.05, 0) is 65.8 Å². The minimum Gasteiger partial charge on any atom is -0.340 e. The van der Waals surface area contributed by atoms with Crippen LogP contribution < -0.4 is 0 Å². The maximum absolute atomic E-state index is 12.9. The molecule has 3 aromatic rings. The SMILES string of the molecule is O=C(c1cccc(I)c1)N1CCC[C@@H]1c1nc2ccccc2[nH]1. The molecule has 0 saturated carbocycles. The fourth-order valence-electron chi connectivity index (χ4n) is 3.21. The summed E-state index contributed by atoms with van der Waals surface area (Å²) in [5.41, 5.74) is 2.73. The maximum atomic E-state index is 12.9. The van der Waals surface area contributed by atoms with Gasteiger partial charge in [0.15, 0.2) is 0 Å². The molecule has 1 saturated heterocycles. The van der Waals surface area contributed by atoms with Gasteiger partial charge in [0.25, 0.3) is 5.91 Å². The minimum atomic E-state index is 0.0350. The van der Waals surface area contributed by atoms with Crippen LogP contribution >= 0.6 is 22.6 Å². The van der Waals surface area contributed by atoms with Crippen molar-refractivity contribution in [2.24, 2.45) is 0 Å². The molecule has 1 aromatic heterocycles. The molecule has 0 radical (unpaired) electrons. The molecule has 1 fully saturated rings. The molecule has 2 aromatic carbocycles. The third-order valence-corrected chi connectivity index (χ3v) is 4.98. The number of H-pyrrole nitrogens is 1. The highest BCUT2D eigenvalue weighted by Gasteiger charge is 2.32. The van der Waals surface area contributed by atoms with Crippen molar-refractivity contribution in [3.63, 3.8) is 0 Å². The summed E-state index contributed by atoms with van der Waals surface area (Å²) >= 11 is 2.24. The number of rotatable bonds is 2. The highest BCUT2D eigenvalue weighted by Crippen LogP contribution is 2.32. The molecule has 2 heterocycles. The Hall–Kier alpha value is -1.89. The van der Waals surface area contributed by atoms with Gasteiger partial charge in [0, 0.05) is 15.7 Å². The highest BCUT2D eigenvalue weighted by molar-refractivity contribution is 14.1. The first kappa shape index (κ1) is 14.7. The van der Waals surface area contributed by atoms with Crippen molar-refractivity contribution in [1.29, 1.82) is 0 Å². The molecular weight excluding hydrogens is 401 g/mol. The molecule has 4 nitrogen and oxygen atoms in total. The number of halogens is 1. The summed E-state index contributed by atoms with van der Waals surface area (Å²) in [4.78, 5) is 22.9. The van der Waals surface area contributed by atoms with Gasteiger partial charge < -0.3 is 9.88 Å². The number of hydrogen-bond acceptors (Lipinski definition) is 2. The Morgan fingerprint density at radius 2 is 2.09 bits per heavy atom. The predicted octanol–water partition coefficient (Wildman–Crippen LogP) is 4.14. The first-order valence-electron chi connectivity index (χ1n) is 7.73. The van der Waals surface area contributed by atoms with E-state index in [4.69, 9.17) is 0 Å². The fourth-order valence-corrected chi connectivity index (χ4v) is 3.75. The second kappa shape index (κ2) is 5.96. The second-order valence-electron chi connectivity index (χ2n) is 5.81. The van der Waals surface area contributed by atoms with E-state index in [1.54, 1.807) is 0 Å². The van der Waals surface area contributed by atoms with Crippen molar-refractivity contribution in [3.8, 4) is 0 Å². The second-order valence-corrected chi connectivity index (χ2v) is 7.05. The number of amides is 1. The van der Waals surface area contributed by atoms with Crippen LogP contribution in [0.2, 0.25) is 0 Å². The molecule has 23 heavy (non-hydrogen) atoms. The smallest absolute Gasteiger partial charge is 0.254 e. The zero-order valence-corrected chi connectivity index (χ0v) is 14.7. The minimum absolute atomic E-state index is 0.0350. The van der Waals surface area contributed by atoms with Crippen LogP contribution in [0, 0.1) is 3.57 Å². The standard InChI is InChI=1S/C18H16IN3O/c19-13-6-3-5-12(11-13)18(23)22-10-4-9-16(22)17-20-14-7-1-2-8-15(14)21-17/h1-3,5-8,11,16H,4,9-10H2,(H,20,21)/t16-/m1/s1. The first-order chi connectivity index (χ1) is 11.2. The summed E-state index contributed by atoms with van der Waals surface area (Å²) in [7, 11) is 0. The van der Waals surface area contributed by atoms with Crippen LogP contribution in [0.15, 0.2) is 48.5 Å². The zero-order valence-electron chi connectivity index (χ0n) is 12.5. The van der Waals surface area contributed by atoms with Gasteiger partial charge in [-0.2, -0.15) is 0 Å². The number of fused-ring (bicyclic) bond motifs is 1. The van der Waals surface area contributed by atoms with Crippen molar-refractivity contribution >= 4 is 39.5 Å². The summed E-state index contributed by atoms with van der Waals surface area (Å²) in [6.07, 6.45) is 1.97. The van der Waals surface area contributed by atoms with Gasteiger partial charge in [0.2, 0.25) is 0 Å². The van der Waals surface area contributed by atoms with E-state index in [-0.39, 0.29) is 11.9 Å². The van der Waals surface area contributed by atoms with Gasteiger partial charge in [0.05, 0.1) is 17.1 Å². The number of para-hydroxylation sites is 2. The van der Waals surface area contributed by atoms with Crippen LogP contribution in [0.25, 0.3) is 11.0 Å². The number of hydrogen-bond donors (Lipinski definition) is 1. The molecule has 1 aliphatic rings. The lowest BCUT2D eigenvalue weighted by Crippen LogP contribution is -2.31. The molecule has 1 aliphatic heterocycles. The molecule has 0 bridgehead atoms. The first-order valence-corrected chi connectivity index (χ1v) is 8.81. The van der Waals surface area contributed by atoms with Crippen LogP contribution in [0.3, 0.4) is 0 Å². The number of imidazole rings is 1. The molecule has 0 aliphatic carbocycles. The molecule has 5 heteroatoms. The van der Waals surface area contributed by atoms with Crippen LogP contribution in [0.4, 0.5) is 0 Å². The quantitative estimate of drug-likeness (QED) is 0.638. The number of carbonyl (C=O) groups excluding carboxylic acids is 1. The van der Waals surface area contributed by atoms with Crippen molar-refractivity contribution < 1.29 is 4.79 Å². The van der Waals surface area contributed by atoms with E-state index in [1.165, 1.54) is 0 Å². The van der Waals surface area contributed by atoms with Gasteiger partial charge in [-0.1, -0.05) is 18.2 Å². The van der Waals surface area contributed by atoms with E-state index in [2.05, 4.69) is 32.6 Å². The van der Waals surface area contributed by atoms with Gasteiger partial charge in [-0.3, -0.25) is 4.79 Å². The van der Waals surface area contributed by atoms with Crippen LogP contribution in [-0.2, 0) is 0 Å². The van der Waals surface area contributed by atoms with Crippen LogP contribution in [0.1, 0.15) is 35.1 Å². The number of nitrogens with zero attached hydrogens (tertiary/aromatic N) is 2. The van der Waals surface area contributed by atoms with E-state index >= 15 is 0 Å². The lowest BCUT2D eigenvalue weighted by molar-refractivity contribution is 0.0730. The molecule has 1 N–H and O–H groups in total. The molecule has 0 spiro atoms. The van der Waals surface area contributed by atoms with Gasteiger partial charge in [0.1, 0.15) is 5.82 Å². The lowest BCUT2D eigenvalue weighted by atomic mass is 10.1. The van der Waals surface area contributed by atoms with Crippen molar-refractivity contribution in [1.82, 2.24) is 14.9 Å². The Labute approximate surface area is 148 Å². The molecule has 4 rings (SSSR count). The Kier molecular flexibility index (Phi) is 3.80. The Morgan fingerprint density at radius 1 is 1.22 bits per heavy atom. The van der Waals surface area contributed by atoms with Crippen LogP contribution in [-0.4, -0.2) is 27.3 Å². The number of benzene rings is 2. The third-order valence-electron chi connectivity index (χ3n) is 4.31. The normalized spacial score (nSPS) is 17.8.